The van der Waals surface area contributed by atoms with Crippen LogP contribution in [-0.2, 0) is 16.9 Å². The molecule has 0 spiro atoms. The van der Waals surface area contributed by atoms with Crippen molar-refractivity contribution < 1.29 is 33.3 Å². The second-order valence-electron chi connectivity index (χ2n) is 9.99. The summed E-state index contributed by atoms with van der Waals surface area (Å²) in [7, 11) is 0. The van der Waals surface area contributed by atoms with Crippen molar-refractivity contribution in [2.75, 3.05) is 18.8 Å². The molecular formula is C30H31F3N4O4. The van der Waals surface area contributed by atoms with Crippen LogP contribution < -0.4 is 5.73 Å². The maximum atomic E-state index is 11.1. The van der Waals surface area contributed by atoms with E-state index in [2.05, 4.69) is 22.0 Å². The van der Waals surface area contributed by atoms with Gasteiger partial charge in [0, 0.05) is 36.2 Å². The van der Waals surface area contributed by atoms with Gasteiger partial charge in [0.1, 0.15) is 0 Å². The summed E-state index contributed by atoms with van der Waals surface area (Å²) in [4.78, 5) is 19.0. The van der Waals surface area contributed by atoms with Gasteiger partial charge in [0.2, 0.25) is 0 Å². The van der Waals surface area contributed by atoms with Crippen molar-refractivity contribution in [1.29, 1.82) is 0 Å². The molecule has 0 radical (unpaired) electrons. The van der Waals surface area contributed by atoms with E-state index in [1.54, 1.807) is 6.07 Å². The van der Waals surface area contributed by atoms with E-state index in [9.17, 15) is 23.4 Å². The number of aromatic nitrogens is 1. The van der Waals surface area contributed by atoms with Gasteiger partial charge < -0.3 is 26.0 Å². The lowest BCUT2D eigenvalue weighted by atomic mass is 9.84. The summed E-state index contributed by atoms with van der Waals surface area (Å²) >= 11 is 0. The fourth-order valence-corrected chi connectivity index (χ4v) is 4.86. The van der Waals surface area contributed by atoms with Gasteiger partial charge in [-0.15, -0.1) is 0 Å². The quantitative estimate of drug-likeness (QED) is 0.155. The van der Waals surface area contributed by atoms with Crippen LogP contribution in [0.1, 0.15) is 36.5 Å². The van der Waals surface area contributed by atoms with Gasteiger partial charge in [0.05, 0.1) is 22.6 Å². The number of halogens is 3. The van der Waals surface area contributed by atoms with Crippen molar-refractivity contribution in [3.8, 4) is 5.88 Å². The number of anilines is 1. The van der Waals surface area contributed by atoms with Crippen LogP contribution in [0, 0.1) is 0 Å². The zero-order valence-electron chi connectivity index (χ0n) is 22.3. The van der Waals surface area contributed by atoms with E-state index in [4.69, 9.17) is 20.6 Å². The van der Waals surface area contributed by atoms with Crippen LogP contribution in [0.5, 0.6) is 5.88 Å². The fraction of sp³-hybridized carbons (Fsp3) is 0.267. The van der Waals surface area contributed by atoms with E-state index < -0.39 is 17.7 Å². The van der Waals surface area contributed by atoms with E-state index >= 15 is 0 Å². The lowest BCUT2D eigenvalue weighted by Gasteiger charge is -2.38. The summed E-state index contributed by atoms with van der Waals surface area (Å²) in [5, 5.41) is 29.4. The summed E-state index contributed by atoms with van der Waals surface area (Å²) in [6.07, 6.45) is -3.62. The lowest BCUT2D eigenvalue weighted by Crippen LogP contribution is -2.42. The zero-order valence-corrected chi connectivity index (χ0v) is 22.3. The third-order valence-corrected chi connectivity index (χ3v) is 7.04. The van der Waals surface area contributed by atoms with Crippen LogP contribution in [0.2, 0.25) is 0 Å². The number of H-pyrrole nitrogens is 1. The molecule has 0 amide bonds. The molecular weight excluding hydrogens is 537 g/mol. The highest BCUT2D eigenvalue weighted by Gasteiger charge is 2.38. The molecule has 11 heteroatoms. The number of carboxylic acids is 1. The maximum Gasteiger partial charge on any atom is 0.490 e. The third-order valence-electron chi connectivity index (χ3n) is 7.04. The Bertz CT molecular complexity index is 1530. The highest BCUT2D eigenvalue weighted by Crippen LogP contribution is 2.33. The Balaban J connectivity index is 0.000000493. The van der Waals surface area contributed by atoms with Crippen molar-refractivity contribution in [1.82, 2.24) is 9.88 Å². The van der Waals surface area contributed by atoms with Crippen LogP contribution in [0.15, 0.2) is 77.8 Å². The highest BCUT2D eigenvalue weighted by molar-refractivity contribution is 6.13. The first-order chi connectivity index (χ1) is 19.4. The number of aliphatic hydroxyl groups is 1. The number of aromatic amines is 1. The van der Waals surface area contributed by atoms with Crippen LogP contribution >= 0.6 is 0 Å². The highest BCUT2D eigenvalue weighted by atomic mass is 19.4. The monoisotopic (exact) mass is 568 g/mol. The standard InChI is InChI=1S/C28H30N4O2.C2HF3O2/c1-19(26-24-17-22(29)9-12-25(24)31-27(26)33)30-23-10-7-20(8-11-23)18-32-15-13-28(34,14-16-32)21-5-3-2-4-6-21;3-2(4,5)1(6)7/h2-12,17,31,33-34H,13-16,18,29H2,1H3;(H,6,7). The molecule has 0 aliphatic carbocycles. The molecule has 5 rings (SSSR count). The second-order valence-corrected chi connectivity index (χ2v) is 9.99. The van der Waals surface area contributed by atoms with Gasteiger partial charge in [-0.25, -0.2) is 4.79 Å². The predicted octanol–water partition coefficient (Wildman–Crippen LogP) is 5.71. The minimum Gasteiger partial charge on any atom is -0.494 e. The zero-order chi connectivity index (χ0) is 29.8. The number of carboxylic acid groups (broad SMARTS) is 1. The first-order valence-electron chi connectivity index (χ1n) is 12.9. The third kappa shape index (κ3) is 7.24. The van der Waals surface area contributed by atoms with Gasteiger partial charge in [0.25, 0.3) is 0 Å². The number of rotatable bonds is 5. The molecule has 0 bridgehead atoms. The molecule has 6 N–H and O–H groups in total. The van der Waals surface area contributed by atoms with E-state index in [0.717, 1.165) is 60.3 Å². The molecule has 216 valence electrons. The van der Waals surface area contributed by atoms with Crippen LogP contribution in [0.4, 0.5) is 24.5 Å². The van der Waals surface area contributed by atoms with Crippen LogP contribution in [0.3, 0.4) is 0 Å². The van der Waals surface area contributed by atoms with Crippen LogP contribution in [-0.4, -0.2) is 56.2 Å². The van der Waals surface area contributed by atoms with Gasteiger partial charge in [-0.05, 0) is 61.2 Å². The summed E-state index contributed by atoms with van der Waals surface area (Å²) in [5.41, 5.74) is 11.1. The number of likely N-dealkylation sites (tertiary alicyclic amines) is 1. The summed E-state index contributed by atoms with van der Waals surface area (Å²) < 4.78 is 31.7. The van der Waals surface area contributed by atoms with E-state index in [-0.39, 0.29) is 5.88 Å². The van der Waals surface area contributed by atoms with E-state index in [1.807, 2.05) is 61.5 Å². The second kappa shape index (κ2) is 12.0. The number of hydrogen-bond acceptors (Lipinski definition) is 6. The number of aliphatic carboxylic acids is 1. The summed E-state index contributed by atoms with van der Waals surface area (Å²) in [5.74, 6) is -2.66. The molecule has 3 aromatic carbocycles. The number of hydrogen-bond donors (Lipinski definition) is 5. The number of fused-ring (bicyclic) bond motifs is 1. The fourth-order valence-electron chi connectivity index (χ4n) is 4.86. The average Bonchev–Trinajstić information content (AvgIpc) is 3.26. The minimum atomic E-state index is -5.08. The lowest BCUT2D eigenvalue weighted by molar-refractivity contribution is -0.192. The summed E-state index contributed by atoms with van der Waals surface area (Å²) in [6.45, 7) is 4.44. The Kier molecular flexibility index (Phi) is 8.69. The molecule has 1 fully saturated rings. The molecule has 4 aromatic rings. The number of nitrogens with zero attached hydrogens (tertiary/aromatic N) is 2. The number of aromatic hydroxyl groups is 1. The molecule has 0 saturated carbocycles. The maximum absolute atomic E-state index is 11.1. The van der Waals surface area contributed by atoms with E-state index in [0.29, 0.717) is 11.3 Å². The summed E-state index contributed by atoms with van der Waals surface area (Å²) in [6, 6.07) is 23.7. The van der Waals surface area contributed by atoms with Gasteiger partial charge in [-0.1, -0.05) is 42.5 Å². The average molecular weight is 569 g/mol. The van der Waals surface area contributed by atoms with E-state index in [1.165, 1.54) is 5.56 Å². The first-order valence-corrected chi connectivity index (χ1v) is 12.9. The Morgan fingerprint density at radius 1 is 1.05 bits per heavy atom. The van der Waals surface area contributed by atoms with Gasteiger partial charge in [-0.3, -0.25) is 9.89 Å². The Morgan fingerprint density at radius 2 is 1.66 bits per heavy atom. The van der Waals surface area contributed by atoms with Crippen molar-refractivity contribution in [3.05, 3.63) is 89.5 Å². The molecule has 0 unspecified atom stereocenters. The molecule has 8 nitrogen and oxygen atoms in total. The largest absolute Gasteiger partial charge is 0.494 e. The van der Waals surface area contributed by atoms with Gasteiger partial charge in [0.15, 0.2) is 5.88 Å². The Labute approximate surface area is 234 Å². The SMILES string of the molecule is CC(=Nc1ccc(CN2CCC(O)(c3ccccc3)CC2)cc1)c1c(O)[nH]c2ccc(N)cc12.O=C(O)C(F)(F)F. The molecule has 1 aliphatic heterocycles. The minimum absolute atomic E-state index is 0.0963. The number of alkyl halides is 3. The first kappa shape index (κ1) is 29.6. The number of benzene rings is 3. The number of piperidine rings is 1. The smallest absolute Gasteiger partial charge is 0.490 e. The topological polar surface area (TPSA) is 135 Å². The number of aliphatic imine (C=N–C) groups is 1. The normalized spacial score (nSPS) is 15.8. The molecule has 1 saturated heterocycles. The molecule has 1 aliphatic rings. The predicted molar refractivity (Wildman–Crippen MR) is 151 cm³/mol. The van der Waals surface area contributed by atoms with Crippen molar-refractivity contribution >= 4 is 34.0 Å². The number of nitrogens with one attached hydrogen (secondary N) is 1. The number of carbonyl (C=O) groups is 1. The van der Waals surface area contributed by atoms with Crippen molar-refractivity contribution in [2.45, 2.75) is 38.1 Å². The molecule has 0 atom stereocenters. The van der Waals surface area contributed by atoms with Crippen LogP contribution in [0.25, 0.3) is 10.9 Å². The molecule has 2 heterocycles. The molecule has 1 aromatic heterocycles. The van der Waals surface area contributed by atoms with Crippen molar-refractivity contribution in [3.63, 3.8) is 0 Å². The van der Waals surface area contributed by atoms with Crippen molar-refractivity contribution in [2.24, 2.45) is 4.99 Å². The Hall–Kier alpha value is -4.35. The van der Waals surface area contributed by atoms with Gasteiger partial charge in [-0.2, -0.15) is 13.2 Å². The Morgan fingerprint density at radius 3 is 2.24 bits per heavy atom. The van der Waals surface area contributed by atoms with Gasteiger partial charge >= 0.3 is 12.1 Å². The number of nitrogens with two attached hydrogens (primary N) is 1. The number of nitrogen functional groups attached to an aromatic ring is 1. The molecule has 41 heavy (non-hydrogen) atoms.